The smallest absolute Gasteiger partial charge is 0.217 e. The minimum Gasteiger partial charge on any atom is -0.346 e. The zero-order valence-corrected chi connectivity index (χ0v) is 7.65. The Balaban J connectivity index is 3.94. The van der Waals surface area contributed by atoms with Gasteiger partial charge in [-0.25, -0.2) is 0 Å². The quantitative estimate of drug-likeness (QED) is 0.607. The Morgan fingerprint density at radius 1 is 1.55 bits per heavy atom. The van der Waals surface area contributed by atoms with Crippen molar-refractivity contribution in [2.75, 3.05) is 5.75 Å². The second-order valence-electron chi connectivity index (χ2n) is 2.26. The third-order valence-electron chi connectivity index (χ3n) is 1.30. The molecule has 64 valence electrons. The molecule has 0 radical (unpaired) electrons. The lowest BCUT2D eigenvalue weighted by atomic mass is 10.2. The molecule has 3 nitrogen and oxygen atoms in total. The summed E-state index contributed by atoms with van der Waals surface area (Å²) in [4.78, 5) is 21.6. The van der Waals surface area contributed by atoms with Crippen LogP contribution in [0.5, 0.6) is 0 Å². The van der Waals surface area contributed by atoms with Crippen LogP contribution in [0.15, 0.2) is 0 Å². The maximum absolute atomic E-state index is 11.0. The first-order valence-electron chi connectivity index (χ1n) is 3.52. The van der Waals surface area contributed by atoms with Crippen LogP contribution in [0.4, 0.5) is 0 Å². The standard InChI is InChI=1S/C7H13NO2S/c1-3-7(10)6(4-11)8-5(2)9/h6,11H,3-4H2,1-2H3,(H,8,9)/t6-/m0/s1. The fourth-order valence-corrected chi connectivity index (χ4v) is 1.01. The molecule has 0 saturated heterocycles. The molecule has 0 saturated carbocycles. The van der Waals surface area contributed by atoms with Gasteiger partial charge in [-0.3, -0.25) is 9.59 Å². The van der Waals surface area contributed by atoms with E-state index in [2.05, 4.69) is 17.9 Å². The summed E-state index contributed by atoms with van der Waals surface area (Å²) in [6, 6.07) is -0.416. The summed E-state index contributed by atoms with van der Waals surface area (Å²) in [6.45, 7) is 3.15. The van der Waals surface area contributed by atoms with E-state index in [0.29, 0.717) is 12.2 Å². The van der Waals surface area contributed by atoms with Gasteiger partial charge in [0.15, 0.2) is 5.78 Å². The summed E-state index contributed by atoms with van der Waals surface area (Å²) in [5, 5.41) is 2.52. The lowest BCUT2D eigenvalue weighted by Crippen LogP contribution is -2.40. The van der Waals surface area contributed by atoms with Crippen LogP contribution < -0.4 is 5.32 Å². The molecule has 0 aromatic rings. The summed E-state index contributed by atoms with van der Waals surface area (Å²) in [5.74, 6) is 0.202. The van der Waals surface area contributed by atoms with Gasteiger partial charge in [-0.1, -0.05) is 6.92 Å². The predicted molar refractivity (Wildman–Crippen MR) is 46.8 cm³/mol. The van der Waals surface area contributed by atoms with Crippen molar-refractivity contribution >= 4 is 24.3 Å². The monoisotopic (exact) mass is 175 g/mol. The van der Waals surface area contributed by atoms with Gasteiger partial charge >= 0.3 is 0 Å². The van der Waals surface area contributed by atoms with Crippen molar-refractivity contribution in [2.24, 2.45) is 0 Å². The average molecular weight is 175 g/mol. The molecule has 1 N–H and O–H groups in total. The highest BCUT2D eigenvalue weighted by molar-refractivity contribution is 7.80. The van der Waals surface area contributed by atoms with Crippen molar-refractivity contribution in [3.05, 3.63) is 0 Å². The van der Waals surface area contributed by atoms with E-state index in [9.17, 15) is 9.59 Å². The van der Waals surface area contributed by atoms with Crippen molar-refractivity contribution in [3.8, 4) is 0 Å². The molecule has 4 heteroatoms. The molecule has 0 unspecified atom stereocenters. The number of rotatable bonds is 4. The maximum Gasteiger partial charge on any atom is 0.217 e. The Morgan fingerprint density at radius 3 is 2.36 bits per heavy atom. The van der Waals surface area contributed by atoms with Crippen LogP contribution in [0.25, 0.3) is 0 Å². The van der Waals surface area contributed by atoms with Gasteiger partial charge in [-0.15, -0.1) is 0 Å². The highest BCUT2D eigenvalue weighted by atomic mass is 32.1. The van der Waals surface area contributed by atoms with Crippen LogP contribution in [0.2, 0.25) is 0 Å². The van der Waals surface area contributed by atoms with E-state index >= 15 is 0 Å². The predicted octanol–water partition coefficient (Wildman–Crippen LogP) is 0.400. The summed E-state index contributed by atoms with van der Waals surface area (Å²) in [7, 11) is 0. The molecule has 0 aliphatic heterocycles. The molecule has 0 aliphatic rings. The molecule has 0 rings (SSSR count). The molecule has 0 aromatic carbocycles. The van der Waals surface area contributed by atoms with Crippen LogP contribution in [0, 0.1) is 0 Å². The fraction of sp³-hybridized carbons (Fsp3) is 0.714. The first-order valence-corrected chi connectivity index (χ1v) is 4.15. The summed E-state index contributed by atoms with van der Waals surface area (Å²) in [5.41, 5.74) is 0. The number of carbonyl (C=O) groups excluding carboxylic acids is 2. The van der Waals surface area contributed by atoms with Crippen molar-refractivity contribution in [3.63, 3.8) is 0 Å². The van der Waals surface area contributed by atoms with Gasteiger partial charge in [0.25, 0.3) is 0 Å². The molecule has 0 heterocycles. The van der Waals surface area contributed by atoms with Crippen LogP contribution in [-0.4, -0.2) is 23.5 Å². The SMILES string of the molecule is CCC(=O)[C@H](CS)NC(C)=O. The first kappa shape index (κ1) is 10.5. The van der Waals surface area contributed by atoms with E-state index in [-0.39, 0.29) is 11.7 Å². The molecule has 0 aromatic heterocycles. The van der Waals surface area contributed by atoms with Crippen molar-refractivity contribution in [1.82, 2.24) is 5.32 Å². The lowest BCUT2D eigenvalue weighted by molar-refractivity contribution is -0.126. The van der Waals surface area contributed by atoms with Crippen molar-refractivity contribution < 1.29 is 9.59 Å². The Labute approximate surface area is 72.0 Å². The number of Topliss-reactive ketones (excluding diaryl/α,β-unsaturated/α-hetero) is 1. The Bertz CT molecular complexity index is 159. The molecule has 0 spiro atoms. The molecular formula is C7H13NO2S. The van der Waals surface area contributed by atoms with Crippen LogP contribution in [0.3, 0.4) is 0 Å². The lowest BCUT2D eigenvalue weighted by Gasteiger charge is -2.12. The van der Waals surface area contributed by atoms with Crippen LogP contribution in [0.1, 0.15) is 20.3 Å². The van der Waals surface area contributed by atoms with E-state index < -0.39 is 6.04 Å². The first-order chi connectivity index (χ1) is 5.11. The number of carbonyl (C=O) groups is 2. The fourth-order valence-electron chi connectivity index (χ4n) is 0.720. The van der Waals surface area contributed by atoms with E-state index in [0.717, 1.165) is 0 Å². The van der Waals surface area contributed by atoms with Crippen LogP contribution in [-0.2, 0) is 9.59 Å². The summed E-state index contributed by atoms with van der Waals surface area (Å²) >= 11 is 3.95. The minimum atomic E-state index is -0.416. The zero-order valence-electron chi connectivity index (χ0n) is 6.76. The van der Waals surface area contributed by atoms with E-state index in [1.807, 2.05) is 0 Å². The van der Waals surface area contributed by atoms with Gasteiger partial charge in [0.05, 0.1) is 6.04 Å². The minimum absolute atomic E-state index is 0.0233. The molecule has 0 bridgehead atoms. The normalized spacial score (nSPS) is 12.3. The third kappa shape index (κ3) is 4.03. The van der Waals surface area contributed by atoms with Crippen molar-refractivity contribution in [2.45, 2.75) is 26.3 Å². The molecular weight excluding hydrogens is 162 g/mol. The van der Waals surface area contributed by atoms with Gasteiger partial charge in [0.1, 0.15) is 0 Å². The van der Waals surface area contributed by atoms with Crippen molar-refractivity contribution in [1.29, 1.82) is 0 Å². The molecule has 0 aliphatic carbocycles. The molecule has 1 atom stereocenters. The van der Waals surface area contributed by atoms with E-state index in [1.54, 1.807) is 6.92 Å². The highest BCUT2D eigenvalue weighted by Crippen LogP contribution is 1.93. The largest absolute Gasteiger partial charge is 0.346 e. The number of nitrogens with one attached hydrogen (secondary N) is 1. The number of hydrogen-bond donors (Lipinski definition) is 2. The topological polar surface area (TPSA) is 46.2 Å². The van der Waals surface area contributed by atoms with E-state index in [1.165, 1.54) is 6.92 Å². The van der Waals surface area contributed by atoms with Gasteiger partial charge < -0.3 is 5.32 Å². The molecule has 0 fully saturated rings. The number of amides is 1. The van der Waals surface area contributed by atoms with Crippen LogP contribution >= 0.6 is 12.6 Å². The second kappa shape index (κ2) is 5.18. The molecule has 11 heavy (non-hydrogen) atoms. The maximum atomic E-state index is 11.0. The van der Waals surface area contributed by atoms with Gasteiger partial charge in [0.2, 0.25) is 5.91 Å². The zero-order chi connectivity index (χ0) is 8.85. The second-order valence-corrected chi connectivity index (χ2v) is 2.62. The van der Waals surface area contributed by atoms with Gasteiger partial charge in [-0.2, -0.15) is 12.6 Å². The summed E-state index contributed by atoms with van der Waals surface area (Å²) < 4.78 is 0. The van der Waals surface area contributed by atoms with E-state index in [4.69, 9.17) is 0 Å². The Hall–Kier alpha value is -0.510. The number of thiol groups is 1. The average Bonchev–Trinajstić information content (AvgIpc) is 1.98. The number of hydrogen-bond acceptors (Lipinski definition) is 3. The highest BCUT2D eigenvalue weighted by Gasteiger charge is 2.14. The Kier molecular flexibility index (Phi) is 4.94. The molecule has 1 amide bonds. The van der Waals surface area contributed by atoms with Gasteiger partial charge in [-0.05, 0) is 0 Å². The third-order valence-corrected chi connectivity index (χ3v) is 1.66. The number of ketones is 1. The Morgan fingerprint density at radius 2 is 2.09 bits per heavy atom. The summed E-state index contributed by atoms with van der Waals surface area (Å²) in [6.07, 6.45) is 0.436. The van der Waals surface area contributed by atoms with Gasteiger partial charge in [0, 0.05) is 19.1 Å².